The summed E-state index contributed by atoms with van der Waals surface area (Å²) < 4.78 is 5.27. The number of nitrogens with one attached hydrogen (secondary N) is 1. The maximum atomic E-state index is 11.3. The number of nitroso groups, excluding NO2 is 1. The van der Waals surface area contributed by atoms with E-state index < -0.39 is 5.91 Å². The van der Waals surface area contributed by atoms with Crippen molar-refractivity contribution < 1.29 is 9.53 Å². The summed E-state index contributed by atoms with van der Waals surface area (Å²) in [4.78, 5) is 38.2. The van der Waals surface area contributed by atoms with Crippen molar-refractivity contribution in [1.82, 2.24) is 19.9 Å². The van der Waals surface area contributed by atoms with E-state index in [1.807, 2.05) is 4.90 Å². The zero-order chi connectivity index (χ0) is 14.1. The van der Waals surface area contributed by atoms with Crippen molar-refractivity contribution in [2.45, 2.75) is 0 Å². The van der Waals surface area contributed by atoms with Gasteiger partial charge in [0.25, 0.3) is 0 Å². The number of amides is 1. The number of nitrogens with zero attached hydrogens (tertiary/aromatic N) is 5. The highest BCUT2D eigenvalue weighted by atomic mass is 35.5. The zero-order valence-electron chi connectivity index (χ0n) is 10.2. The molecule has 9 nitrogen and oxygen atoms in total. The minimum atomic E-state index is -0.993. The van der Waals surface area contributed by atoms with E-state index in [2.05, 4.69) is 25.1 Å². The molecule has 0 aromatic carbocycles. The molecule has 0 aliphatic carbocycles. The van der Waals surface area contributed by atoms with Gasteiger partial charge in [-0.2, -0.15) is 9.97 Å². The molecule has 1 N–H and O–H groups in total. The van der Waals surface area contributed by atoms with Gasteiger partial charge in [0, 0.05) is 18.3 Å². The molecule has 20 heavy (non-hydrogen) atoms. The lowest BCUT2D eigenvalue weighted by Gasteiger charge is -2.27. The second-order valence-corrected chi connectivity index (χ2v) is 4.43. The van der Waals surface area contributed by atoms with Gasteiger partial charge < -0.3 is 14.6 Å². The van der Waals surface area contributed by atoms with E-state index in [0.717, 1.165) is 0 Å². The van der Waals surface area contributed by atoms with Crippen LogP contribution in [0.3, 0.4) is 0 Å². The SMILES string of the molecule is O=NC(=O)c1nc2c(N3CCOCC3)nc(Cl)nc2[nH]1. The lowest BCUT2D eigenvalue weighted by atomic mass is 10.4. The number of carbonyl (C=O) groups excluding carboxylic acids is 1. The number of halogens is 1. The second-order valence-electron chi connectivity index (χ2n) is 4.09. The molecule has 0 atom stereocenters. The molecule has 0 radical (unpaired) electrons. The molecule has 0 unspecified atom stereocenters. The number of H-pyrrole nitrogens is 1. The Balaban J connectivity index is 2.12. The molecular weight excluding hydrogens is 288 g/mol. The molecule has 1 aliphatic heterocycles. The van der Waals surface area contributed by atoms with E-state index in [0.29, 0.717) is 43.3 Å². The summed E-state index contributed by atoms with van der Waals surface area (Å²) in [6, 6.07) is 0. The molecule has 2 aromatic heterocycles. The van der Waals surface area contributed by atoms with Gasteiger partial charge in [-0.1, -0.05) is 0 Å². The molecule has 0 spiro atoms. The van der Waals surface area contributed by atoms with Crippen molar-refractivity contribution in [2.24, 2.45) is 5.18 Å². The van der Waals surface area contributed by atoms with Crippen molar-refractivity contribution >= 4 is 34.5 Å². The standard InChI is InChI=1S/C10H9ClN6O3/c11-10-14-6-5(12-7(13-6)9(18)16-19)8(15-10)17-1-3-20-4-2-17/h1-4H2,(H,12,13,14,15). The third-order valence-corrected chi connectivity index (χ3v) is 3.06. The van der Waals surface area contributed by atoms with Gasteiger partial charge in [0.15, 0.2) is 17.0 Å². The van der Waals surface area contributed by atoms with Gasteiger partial charge in [-0.15, -0.1) is 4.91 Å². The Morgan fingerprint density at radius 2 is 2.05 bits per heavy atom. The first-order valence-corrected chi connectivity index (χ1v) is 6.20. The van der Waals surface area contributed by atoms with Crippen LogP contribution in [0.15, 0.2) is 5.18 Å². The molecule has 10 heteroatoms. The number of imidazole rings is 1. The molecular formula is C10H9ClN6O3. The second kappa shape index (κ2) is 5.10. The van der Waals surface area contributed by atoms with Crippen LogP contribution in [0.5, 0.6) is 0 Å². The summed E-state index contributed by atoms with van der Waals surface area (Å²) in [5.74, 6) is -0.669. The molecule has 3 heterocycles. The molecule has 1 amide bonds. The maximum absolute atomic E-state index is 11.3. The number of hydrogen-bond acceptors (Lipinski definition) is 7. The Labute approximate surface area is 117 Å². The predicted molar refractivity (Wildman–Crippen MR) is 69.9 cm³/mol. The minimum Gasteiger partial charge on any atom is -0.378 e. The Morgan fingerprint density at radius 1 is 1.30 bits per heavy atom. The van der Waals surface area contributed by atoms with Crippen molar-refractivity contribution in [1.29, 1.82) is 0 Å². The van der Waals surface area contributed by atoms with E-state index in [4.69, 9.17) is 16.3 Å². The fraction of sp³-hybridized carbons (Fsp3) is 0.400. The van der Waals surface area contributed by atoms with Gasteiger partial charge in [0.05, 0.1) is 13.2 Å². The van der Waals surface area contributed by atoms with Gasteiger partial charge >= 0.3 is 5.91 Å². The molecule has 1 aliphatic rings. The van der Waals surface area contributed by atoms with Crippen LogP contribution in [0.2, 0.25) is 5.28 Å². The Kier molecular flexibility index (Phi) is 3.28. The van der Waals surface area contributed by atoms with E-state index in [-0.39, 0.29) is 11.1 Å². The lowest BCUT2D eigenvalue weighted by Crippen LogP contribution is -2.37. The normalized spacial score (nSPS) is 15.6. The summed E-state index contributed by atoms with van der Waals surface area (Å²) in [6.07, 6.45) is 0. The Bertz CT molecular complexity index is 681. The lowest BCUT2D eigenvalue weighted by molar-refractivity contribution is 0.0992. The van der Waals surface area contributed by atoms with Crippen LogP contribution in [0, 0.1) is 4.91 Å². The molecule has 0 bridgehead atoms. The summed E-state index contributed by atoms with van der Waals surface area (Å²) >= 11 is 5.87. The zero-order valence-corrected chi connectivity index (χ0v) is 10.9. The molecule has 104 valence electrons. The quantitative estimate of drug-likeness (QED) is 0.642. The summed E-state index contributed by atoms with van der Waals surface area (Å²) in [6.45, 7) is 2.39. The van der Waals surface area contributed by atoms with Crippen LogP contribution in [0.25, 0.3) is 11.2 Å². The predicted octanol–water partition coefficient (Wildman–Crippen LogP) is 0.750. The first kappa shape index (κ1) is 12.9. The van der Waals surface area contributed by atoms with E-state index in [1.165, 1.54) is 0 Å². The van der Waals surface area contributed by atoms with Crippen LogP contribution in [-0.4, -0.2) is 52.1 Å². The van der Waals surface area contributed by atoms with E-state index in [1.54, 1.807) is 0 Å². The average molecular weight is 297 g/mol. The summed E-state index contributed by atoms with van der Waals surface area (Å²) in [7, 11) is 0. The van der Waals surface area contributed by atoms with Crippen molar-refractivity contribution in [3.8, 4) is 0 Å². The Hall–Kier alpha value is -2.13. The number of fused-ring (bicyclic) bond motifs is 1. The molecule has 1 saturated heterocycles. The molecule has 2 aromatic rings. The van der Waals surface area contributed by atoms with E-state index >= 15 is 0 Å². The molecule has 3 rings (SSSR count). The van der Waals surface area contributed by atoms with Crippen LogP contribution in [-0.2, 0) is 4.74 Å². The number of ether oxygens (including phenoxy) is 1. The smallest absolute Gasteiger partial charge is 0.351 e. The van der Waals surface area contributed by atoms with Crippen LogP contribution >= 0.6 is 11.6 Å². The third-order valence-electron chi connectivity index (χ3n) is 2.89. The van der Waals surface area contributed by atoms with Gasteiger partial charge in [-0.25, -0.2) is 4.98 Å². The van der Waals surface area contributed by atoms with Crippen LogP contribution in [0.4, 0.5) is 5.82 Å². The highest BCUT2D eigenvalue weighted by Crippen LogP contribution is 2.24. The topological polar surface area (TPSA) is 113 Å². The fourth-order valence-corrected chi connectivity index (χ4v) is 2.16. The van der Waals surface area contributed by atoms with Gasteiger partial charge in [-0.3, -0.25) is 4.79 Å². The first-order valence-electron chi connectivity index (χ1n) is 5.82. The number of carbonyl (C=O) groups is 1. The van der Waals surface area contributed by atoms with E-state index in [9.17, 15) is 9.70 Å². The minimum absolute atomic E-state index is 0.0284. The third kappa shape index (κ3) is 2.21. The number of morpholine rings is 1. The van der Waals surface area contributed by atoms with Gasteiger partial charge in [-0.05, 0) is 11.6 Å². The maximum Gasteiger partial charge on any atom is 0.351 e. The number of aromatic nitrogens is 4. The van der Waals surface area contributed by atoms with Gasteiger partial charge in [0.2, 0.25) is 11.1 Å². The van der Waals surface area contributed by atoms with Crippen LogP contribution < -0.4 is 4.90 Å². The monoisotopic (exact) mass is 296 g/mol. The average Bonchev–Trinajstić information content (AvgIpc) is 2.90. The van der Waals surface area contributed by atoms with Crippen LogP contribution in [0.1, 0.15) is 10.6 Å². The first-order chi connectivity index (χ1) is 9.69. The molecule has 0 saturated carbocycles. The van der Waals surface area contributed by atoms with Crippen molar-refractivity contribution in [3.05, 3.63) is 16.0 Å². The number of hydrogen-bond donors (Lipinski definition) is 1. The highest BCUT2D eigenvalue weighted by molar-refractivity contribution is 6.28. The number of aromatic amines is 1. The van der Waals surface area contributed by atoms with Crippen molar-refractivity contribution in [2.75, 3.05) is 31.2 Å². The fourth-order valence-electron chi connectivity index (χ4n) is 2.00. The summed E-state index contributed by atoms with van der Waals surface area (Å²) in [5, 5.41) is 2.35. The van der Waals surface area contributed by atoms with Gasteiger partial charge in [0.1, 0.15) is 0 Å². The summed E-state index contributed by atoms with van der Waals surface area (Å²) in [5.41, 5.74) is 0.668. The highest BCUT2D eigenvalue weighted by Gasteiger charge is 2.21. The number of rotatable bonds is 2. The largest absolute Gasteiger partial charge is 0.378 e. The Morgan fingerprint density at radius 3 is 2.75 bits per heavy atom. The van der Waals surface area contributed by atoms with Crippen molar-refractivity contribution in [3.63, 3.8) is 0 Å². The number of anilines is 1. The molecule has 1 fully saturated rings.